The first kappa shape index (κ1) is 15.9. The van der Waals surface area contributed by atoms with E-state index in [0.29, 0.717) is 18.0 Å². The number of benzene rings is 1. The maximum atomic E-state index is 12.5. The highest BCUT2D eigenvalue weighted by Crippen LogP contribution is 2.24. The van der Waals surface area contributed by atoms with Gasteiger partial charge in [0.1, 0.15) is 0 Å². The largest absolute Gasteiger partial charge is 0.443 e. The van der Waals surface area contributed by atoms with Crippen LogP contribution in [-0.4, -0.2) is 26.7 Å². The van der Waals surface area contributed by atoms with Crippen molar-refractivity contribution in [3.63, 3.8) is 0 Å². The number of carbonyl (C=O) groups is 1. The van der Waals surface area contributed by atoms with E-state index in [2.05, 4.69) is 15.4 Å². The van der Waals surface area contributed by atoms with Gasteiger partial charge in [-0.3, -0.25) is 9.48 Å². The van der Waals surface area contributed by atoms with Gasteiger partial charge in [0.2, 0.25) is 0 Å². The molecule has 0 aliphatic heterocycles. The quantitative estimate of drug-likeness (QED) is 0.750. The zero-order valence-corrected chi connectivity index (χ0v) is 13.6. The number of amides is 1. The van der Waals surface area contributed by atoms with Crippen LogP contribution in [0.25, 0.3) is 11.3 Å². The number of oxazole rings is 1. The monoisotopic (exact) mass is 325 g/mol. The molecule has 1 amide bonds. The molecule has 0 radical (unpaired) electrons. The van der Waals surface area contributed by atoms with E-state index in [-0.39, 0.29) is 17.6 Å². The molecular weight excluding hydrogens is 306 g/mol. The van der Waals surface area contributed by atoms with E-state index < -0.39 is 0 Å². The summed E-state index contributed by atoms with van der Waals surface area (Å²) < 4.78 is 7.10. The summed E-state index contributed by atoms with van der Waals surface area (Å²) in [6, 6.07) is 7.69. The van der Waals surface area contributed by atoms with E-state index in [4.69, 9.17) is 10.2 Å². The van der Waals surface area contributed by atoms with Crippen LogP contribution in [0.1, 0.15) is 23.0 Å². The van der Waals surface area contributed by atoms with Gasteiger partial charge in [0.25, 0.3) is 5.91 Å². The molecule has 0 bridgehead atoms. The van der Waals surface area contributed by atoms with E-state index in [1.807, 2.05) is 38.1 Å². The Morgan fingerprint density at radius 1 is 1.46 bits per heavy atom. The van der Waals surface area contributed by atoms with E-state index in [1.165, 1.54) is 6.39 Å². The number of hydrogen-bond donors (Lipinski definition) is 2. The van der Waals surface area contributed by atoms with Gasteiger partial charge in [-0.05, 0) is 19.9 Å². The smallest absolute Gasteiger partial charge is 0.278 e. The molecule has 0 saturated carbocycles. The summed E-state index contributed by atoms with van der Waals surface area (Å²) in [7, 11) is 0. The van der Waals surface area contributed by atoms with Crippen LogP contribution in [0.2, 0.25) is 0 Å². The molecule has 0 aliphatic carbocycles. The van der Waals surface area contributed by atoms with E-state index in [9.17, 15) is 4.79 Å². The van der Waals surface area contributed by atoms with Gasteiger partial charge >= 0.3 is 0 Å². The normalized spacial score (nSPS) is 12.1. The molecule has 7 nitrogen and oxygen atoms in total. The number of rotatable bonds is 5. The van der Waals surface area contributed by atoms with Crippen LogP contribution >= 0.6 is 0 Å². The zero-order valence-electron chi connectivity index (χ0n) is 13.6. The fourth-order valence-electron chi connectivity index (χ4n) is 2.41. The molecule has 2 aromatic heterocycles. The molecule has 124 valence electrons. The maximum Gasteiger partial charge on any atom is 0.278 e. The number of nitrogens with zero attached hydrogens (tertiary/aromatic N) is 3. The minimum Gasteiger partial charge on any atom is -0.443 e. The molecule has 3 aromatic rings. The van der Waals surface area contributed by atoms with Crippen molar-refractivity contribution < 1.29 is 9.21 Å². The Morgan fingerprint density at radius 3 is 3.04 bits per heavy atom. The van der Waals surface area contributed by atoms with Crippen LogP contribution in [-0.2, 0) is 6.54 Å². The van der Waals surface area contributed by atoms with Gasteiger partial charge in [0.15, 0.2) is 17.8 Å². The van der Waals surface area contributed by atoms with Crippen LogP contribution in [0.4, 0.5) is 5.69 Å². The van der Waals surface area contributed by atoms with Gasteiger partial charge in [0, 0.05) is 17.8 Å². The molecule has 0 aliphatic rings. The fraction of sp³-hybridized carbons (Fsp3) is 0.235. The van der Waals surface area contributed by atoms with Crippen molar-refractivity contribution in [3.05, 3.63) is 54.3 Å². The third-order valence-corrected chi connectivity index (χ3v) is 3.43. The lowest BCUT2D eigenvalue weighted by Crippen LogP contribution is -2.22. The molecule has 1 atom stereocenters. The first-order valence-electron chi connectivity index (χ1n) is 7.63. The minimum atomic E-state index is -0.347. The molecule has 0 saturated heterocycles. The first-order chi connectivity index (χ1) is 11.5. The predicted molar refractivity (Wildman–Crippen MR) is 90.5 cm³/mol. The van der Waals surface area contributed by atoms with Crippen LogP contribution in [0.3, 0.4) is 0 Å². The Morgan fingerprint density at radius 2 is 2.29 bits per heavy atom. The fourth-order valence-corrected chi connectivity index (χ4v) is 2.41. The number of nitrogens with two attached hydrogens (primary N) is 1. The average Bonchev–Trinajstić information content (AvgIpc) is 3.16. The Labute approximate surface area is 139 Å². The topological polar surface area (TPSA) is 99.0 Å². The number of carbonyl (C=O) groups excluding carboxylic acids is 1. The molecule has 0 spiro atoms. The number of hydrogen-bond acceptors (Lipinski definition) is 5. The Balaban J connectivity index is 1.79. The van der Waals surface area contributed by atoms with Crippen LogP contribution < -0.4 is 11.1 Å². The second-order valence-electron chi connectivity index (χ2n) is 5.78. The van der Waals surface area contributed by atoms with Crippen LogP contribution in [0.15, 0.2) is 47.5 Å². The third kappa shape index (κ3) is 3.52. The van der Waals surface area contributed by atoms with Crippen molar-refractivity contribution in [2.24, 2.45) is 5.73 Å². The lowest BCUT2D eigenvalue weighted by molar-refractivity contribution is 0.102. The van der Waals surface area contributed by atoms with Gasteiger partial charge in [-0.1, -0.05) is 23.8 Å². The van der Waals surface area contributed by atoms with E-state index >= 15 is 0 Å². The highest BCUT2D eigenvalue weighted by atomic mass is 16.3. The Bertz CT molecular complexity index is 850. The molecular formula is C17H19N5O2. The summed E-state index contributed by atoms with van der Waals surface area (Å²) in [4.78, 5) is 16.5. The molecule has 7 heteroatoms. The summed E-state index contributed by atoms with van der Waals surface area (Å²) in [5.41, 5.74) is 8.44. The van der Waals surface area contributed by atoms with Crippen molar-refractivity contribution >= 4 is 11.6 Å². The summed E-state index contributed by atoms with van der Waals surface area (Å²) >= 11 is 0. The Hall–Kier alpha value is -2.93. The van der Waals surface area contributed by atoms with Gasteiger partial charge in [-0.25, -0.2) is 4.98 Å². The second kappa shape index (κ2) is 6.67. The maximum absolute atomic E-state index is 12.5. The zero-order chi connectivity index (χ0) is 17.1. The molecule has 0 unspecified atom stereocenters. The lowest BCUT2D eigenvalue weighted by atomic mass is 10.1. The summed E-state index contributed by atoms with van der Waals surface area (Å²) in [6.07, 6.45) is 4.58. The molecule has 3 rings (SSSR count). The highest BCUT2D eigenvalue weighted by Gasteiger charge is 2.19. The molecule has 2 heterocycles. The predicted octanol–water partition coefficient (Wildman–Crippen LogP) is 2.45. The number of aromatic nitrogens is 3. The van der Waals surface area contributed by atoms with Crippen molar-refractivity contribution in [3.8, 4) is 11.3 Å². The van der Waals surface area contributed by atoms with E-state index in [0.717, 1.165) is 11.1 Å². The van der Waals surface area contributed by atoms with Gasteiger partial charge in [-0.15, -0.1) is 0 Å². The number of anilines is 1. The van der Waals surface area contributed by atoms with E-state index in [1.54, 1.807) is 17.1 Å². The SMILES string of the molecule is Cc1cccc(-c2ocnc2C(=O)Nc2cnn(C[C@@H](C)N)c2)c1. The highest BCUT2D eigenvalue weighted by molar-refractivity contribution is 6.06. The van der Waals surface area contributed by atoms with Crippen LogP contribution in [0, 0.1) is 6.92 Å². The number of nitrogens with one attached hydrogen (secondary N) is 1. The Kier molecular flexibility index (Phi) is 4.43. The van der Waals surface area contributed by atoms with Crippen molar-refractivity contribution in [2.45, 2.75) is 26.4 Å². The van der Waals surface area contributed by atoms with Crippen molar-refractivity contribution in [1.82, 2.24) is 14.8 Å². The molecule has 3 N–H and O–H groups in total. The second-order valence-corrected chi connectivity index (χ2v) is 5.78. The minimum absolute atomic E-state index is 0.0167. The molecule has 24 heavy (non-hydrogen) atoms. The van der Waals surface area contributed by atoms with Crippen LogP contribution in [0.5, 0.6) is 0 Å². The standard InChI is InChI=1S/C17H19N5O2/c1-11-4-3-5-13(6-11)16-15(19-10-24-16)17(23)21-14-7-20-22(9-14)8-12(2)18/h3-7,9-10,12H,8,18H2,1-2H3,(H,21,23)/t12-/m1/s1. The van der Waals surface area contributed by atoms with Gasteiger partial charge in [-0.2, -0.15) is 5.10 Å². The van der Waals surface area contributed by atoms with Crippen molar-refractivity contribution in [2.75, 3.05) is 5.32 Å². The summed E-state index contributed by atoms with van der Waals surface area (Å²) in [6.45, 7) is 4.45. The molecule has 0 fully saturated rings. The average molecular weight is 325 g/mol. The van der Waals surface area contributed by atoms with Gasteiger partial charge < -0.3 is 15.5 Å². The lowest BCUT2D eigenvalue weighted by Gasteiger charge is -2.04. The summed E-state index contributed by atoms with van der Waals surface area (Å²) in [5.74, 6) is 0.0970. The third-order valence-electron chi connectivity index (χ3n) is 3.43. The molecule has 1 aromatic carbocycles. The number of aryl methyl sites for hydroxylation is 1. The van der Waals surface area contributed by atoms with Crippen molar-refractivity contribution in [1.29, 1.82) is 0 Å². The summed E-state index contributed by atoms with van der Waals surface area (Å²) in [5, 5.41) is 6.94. The van der Waals surface area contributed by atoms with Gasteiger partial charge in [0.05, 0.1) is 18.4 Å². The first-order valence-corrected chi connectivity index (χ1v) is 7.63.